The smallest absolute Gasteiger partial charge is 0.292 e. The topological polar surface area (TPSA) is 70.8 Å². The summed E-state index contributed by atoms with van der Waals surface area (Å²) < 4.78 is 0. The molecule has 0 unspecified atom stereocenters. The molecule has 0 bridgehead atoms. The number of imide groups is 1. The molecule has 4 rings (SSSR count). The van der Waals surface area contributed by atoms with Crippen molar-refractivity contribution in [2.75, 3.05) is 36.0 Å². The number of quaternary nitrogens is 1. The number of amides is 2. The molecule has 7 heteroatoms. The first-order valence-electron chi connectivity index (χ1n) is 9.77. The lowest BCUT2D eigenvalue weighted by Gasteiger charge is -2.34. The second-order valence-electron chi connectivity index (χ2n) is 7.76. The number of rotatable bonds is 3. The van der Waals surface area contributed by atoms with Crippen LogP contribution in [-0.2, 0) is 9.59 Å². The van der Waals surface area contributed by atoms with E-state index in [2.05, 4.69) is 14.9 Å². The van der Waals surface area contributed by atoms with E-state index in [1.54, 1.807) is 0 Å². The van der Waals surface area contributed by atoms with E-state index in [1.807, 2.05) is 51.1 Å². The monoisotopic (exact) mass is 380 g/mol. The van der Waals surface area contributed by atoms with E-state index in [4.69, 9.17) is 0 Å². The highest BCUT2D eigenvalue weighted by molar-refractivity contribution is 6.21. The molecule has 0 radical (unpaired) electrons. The van der Waals surface area contributed by atoms with Gasteiger partial charge in [0.25, 0.3) is 5.91 Å². The van der Waals surface area contributed by atoms with E-state index in [1.165, 1.54) is 9.80 Å². The molecule has 1 atom stereocenters. The minimum absolute atomic E-state index is 0.0834. The van der Waals surface area contributed by atoms with Crippen molar-refractivity contribution in [1.82, 2.24) is 9.97 Å². The maximum absolute atomic E-state index is 13.0. The Labute approximate surface area is 165 Å². The molecule has 0 saturated carbocycles. The quantitative estimate of drug-likeness (QED) is 0.783. The van der Waals surface area contributed by atoms with Crippen molar-refractivity contribution in [3.63, 3.8) is 0 Å². The summed E-state index contributed by atoms with van der Waals surface area (Å²) in [6.45, 7) is 9.08. The largest absolute Gasteiger partial charge is 0.330 e. The fraction of sp³-hybridized carbons (Fsp3) is 0.429. The van der Waals surface area contributed by atoms with Crippen molar-refractivity contribution in [2.45, 2.75) is 33.2 Å². The first-order valence-corrected chi connectivity index (χ1v) is 9.77. The number of carbonyl (C=O) groups is 2. The number of nitrogens with zero attached hydrogens (tertiary/aromatic N) is 4. The number of benzene rings is 1. The highest BCUT2D eigenvalue weighted by Crippen LogP contribution is 2.22. The molecule has 146 valence electrons. The van der Waals surface area contributed by atoms with Crippen LogP contribution in [0.5, 0.6) is 0 Å². The van der Waals surface area contributed by atoms with Gasteiger partial charge in [0, 0.05) is 11.4 Å². The summed E-state index contributed by atoms with van der Waals surface area (Å²) in [5, 5.41) is 0. The fourth-order valence-corrected chi connectivity index (χ4v) is 4.11. The molecule has 2 aromatic rings. The number of aromatic nitrogens is 2. The van der Waals surface area contributed by atoms with Gasteiger partial charge in [-0.05, 0) is 39.0 Å². The number of carbonyl (C=O) groups excluding carboxylic acids is 2. The minimum atomic E-state index is -0.295. The predicted octanol–water partition coefficient (Wildman–Crippen LogP) is 0.439. The Hall–Kier alpha value is -2.80. The standard InChI is InChI=1S/C21H25N5O2/c1-14-4-6-17(7-5-14)26-19(27)13-18(20(26)28)24-8-10-25(11-9-24)21-22-15(2)12-16(3)23-21/h4-7,12,18H,8-11,13H2,1-3H3/p+1/t18-/m1/s1. The molecule has 28 heavy (non-hydrogen) atoms. The molecule has 3 heterocycles. The van der Waals surface area contributed by atoms with Crippen molar-refractivity contribution < 1.29 is 14.5 Å². The Balaban J connectivity index is 1.44. The first kappa shape index (κ1) is 18.6. The van der Waals surface area contributed by atoms with Gasteiger partial charge in [-0.1, -0.05) is 17.7 Å². The Kier molecular flexibility index (Phi) is 4.85. The summed E-state index contributed by atoms with van der Waals surface area (Å²) in [6, 6.07) is 9.22. The Morgan fingerprint density at radius 1 is 0.964 bits per heavy atom. The van der Waals surface area contributed by atoms with Gasteiger partial charge in [0.2, 0.25) is 11.9 Å². The van der Waals surface area contributed by atoms with Crippen molar-refractivity contribution >= 4 is 23.5 Å². The maximum Gasteiger partial charge on any atom is 0.292 e. The van der Waals surface area contributed by atoms with Gasteiger partial charge >= 0.3 is 0 Å². The molecule has 2 amide bonds. The summed E-state index contributed by atoms with van der Waals surface area (Å²) in [6.07, 6.45) is 0.280. The fourth-order valence-electron chi connectivity index (χ4n) is 4.11. The molecule has 1 aromatic heterocycles. The van der Waals surface area contributed by atoms with Crippen molar-refractivity contribution in [1.29, 1.82) is 0 Å². The SMILES string of the molecule is Cc1ccc(N2C(=O)C[C@@H]([NH+]3CCN(c4nc(C)cc(C)n4)CC3)C2=O)cc1. The summed E-state index contributed by atoms with van der Waals surface area (Å²) in [7, 11) is 0. The van der Waals surface area contributed by atoms with Gasteiger partial charge in [-0.25, -0.2) is 14.9 Å². The van der Waals surface area contributed by atoms with Gasteiger partial charge in [-0.15, -0.1) is 0 Å². The third-order valence-electron chi connectivity index (χ3n) is 5.59. The van der Waals surface area contributed by atoms with Gasteiger partial charge in [0.1, 0.15) is 0 Å². The lowest BCUT2D eigenvalue weighted by molar-refractivity contribution is -0.915. The highest BCUT2D eigenvalue weighted by atomic mass is 16.2. The Bertz CT molecular complexity index is 883. The number of piperazine rings is 1. The normalized spacial score (nSPS) is 20.9. The van der Waals surface area contributed by atoms with Crippen molar-refractivity contribution in [2.24, 2.45) is 0 Å². The molecule has 0 aliphatic carbocycles. The second-order valence-corrected chi connectivity index (χ2v) is 7.76. The van der Waals surface area contributed by atoms with E-state index < -0.39 is 0 Å². The van der Waals surface area contributed by atoms with Crippen LogP contribution in [-0.4, -0.2) is 54.0 Å². The molecule has 2 aliphatic heterocycles. The van der Waals surface area contributed by atoms with E-state index in [9.17, 15) is 9.59 Å². The number of hydrogen-bond acceptors (Lipinski definition) is 5. The Morgan fingerprint density at radius 2 is 1.57 bits per heavy atom. The maximum atomic E-state index is 13.0. The molecule has 1 N–H and O–H groups in total. The van der Waals surface area contributed by atoms with Gasteiger partial charge in [-0.3, -0.25) is 9.59 Å². The van der Waals surface area contributed by atoms with Crippen molar-refractivity contribution in [3.8, 4) is 0 Å². The lowest BCUT2D eigenvalue weighted by Crippen LogP contribution is -3.19. The molecule has 1 aromatic carbocycles. The van der Waals surface area contributed by atoms with Crippen LogP contribution in [0.3, 0.4) is 0 Å². The van der Waals surface area contributed by atoms with Gasteiger partial charge in [0.15, 0.2) is 6.04 Å². The number of aryl methyl sites for hydroxylation is 3. The van der Waals surface area contributed by atoms with E-state index in [0.29, 0.717) is 5.69 Å². The van der Waals surface area contributed by atoms with Crippen LogP contribution in [0.25, 0.3) is 0 Å². The molecule has 2 saturated heterocycles. The van der Waals surface area contributed by atoms with Gasteiger partial charge in [-0.2, -0.15) is 0 Å². The van der Waals surface area contributed by atoms with Crippen LogP contribution >= 0.6 is 0 Å². The zero-order valence-electron chi connectivity index (χ0n) is 16.6. The summed E-state index contributed by atoms with van der Waals surface area (Å²) in [5.74, 6) is 0.568. The van der Waals surface area contributed by atoms with Crippen LogP contribution in [0.1, 0.15) is 23.4 Å². The van der Waals surface area contributed by atoms with E-state index >= 15 is 0 Å². The highest BCUT2D eigenvalue weighted by Gasteiger charge is 2.46. The molecular formula is C21H26N5O2+. The summed E-state index contributed by atoms with van der Waals surface area (Å²) in [4.78, 5) is 39.3. The molecule has 0 spiro atoms. The third-order valence-corrected chi connectivity index (χ3v) is 5.59. The summed E-state index contributed by atoms with van der Waals surface area (Å²) in [5.41, 5.74) is 3.70. The van der Waals surface area contributed by atoms with Crippen LogP contribution in [0.2, 0.25) is 0 Å². The molecule has 2 aliphatic rings. The zero-order chi connectivity index (χ0) is 19.8. The van der Waals surface area contributed by atoms with Crippen LogP contribution in [0.4, 0.5) is 11.6 Å². The Morgan fingerprint density at radius 3 is 2.18 bits per heavy atom. The minimum Gasteiger partial charge on any atom is -0.330 e. The van der Waals surface area contributed by atoms with Crippen molar-refractivity contribution in [3.05, 3.63) is 47.3 Å². The third kappa shape index (κ3) is 3.49. The van der Waals surface area contributed by atoms with Gasteiger partial charge < -0.3 is 9.80 Å². The second kappa shape index (κ2) is 7.31. The summed E-state index contributed by atoms with van der Waals surface area (Å²) >= 11 is 0. The lowest BCUT2D eigenvalue weighted by atomic mass is 10.1. The number of hydrogen-bond donors (Lipinski definition) is 1. The molecule has 7 nitrogen and oxygen atoms in total. The number of anilines is 2. The van der Waals surface area contributed by atoms with Crippen LogP contribution < -0.4 is 14.7 Å². The van der Waals surface area contributed by atoms with Gasteiger partial charge in [0.05, 0.1) is 38.3 Å². The average molecular weight is 380 g/mol. The number of nitrogens with one attached hydrogen (secondary N) is 1. The van der Waals surface area contributed by atoms with E-state index in [-0.39, 0.29) is 24.3 Å². The molecule has 2 fully saturated rings. The first-order chi connectivity index (χ1) is 13.4. The predicted molar refractivity (Wildman–Crippen MR) is 106 cm³/mol. The van der Waals surface area contributed by atoms with Crippen LogP contribution in [0, 0.1) is 20.8 Å². The van der Waals surface area contributed by atoms with Crippen LogP contribution in [0.15, 0.2) is 30.3 Å². The zero-order valence-corrected chi connectivity index (χ0v) is 16.6. The van der Waals surface area contributed by atoms with E-state index in [0.717, 1.165) is 49.1 Å². The molecular weight excluding hydrogens is 354 g/mol. The average Bonchev–Trinajstić information content (AvgIpc) is 2.96.